The van der Waals surface area contributed by atoms with Crippen LogP contribution in [0.25, 0.3) is 5.69 Å². The number of methoxy groups -OCH3 is 1. The average molecular weight is 527 g/mol. The highest BCUT2D eigenvalue weighted by Crippen LogP contribution is 2.09. The first kappa shape index (κ1) is 25.9. The Kier molecular flexibility index (Phi) is 13.6. The van der Waals surface area contributed by atoms with Gasteiger partial charge in [-0.05, 0) is 49.9 Å². The molecule has 166 valence electrons. The largest absolute Gasteiger partial charge is 0.469 e. The summed E-state index contributed by atoms with van der Waals surface area (Å²) in [5.74, 6) is 0.730. The zero-order valence-electron chi connectivity index (χ0n) is 18.0. The number of ether oxygens (including phenoxy) is 1. The number of halogens is 1. The van der Waals surface area contributed by atoms with E-state index < -0.39 is 0 Å². The van der Waals surface area contributed by atoms with Crippen LogP contribution in [0, 0.1) is 0 Å². The third-order valence-electron chi connectivity index (χ3n) is 4.54. The molecule has 1 heterocycles. The standard InChI is InChI=1S/C22H33N5O2.HI/c1-3-23-22(24-15-7-5-4-6-9-21(28)29-2)25-17-14-19-10-12-20(13-11-19)27-18-8-16-26-27;/h8,10-13,16,18H,3-7,9,14-15,17H2,1-2H3,(H2,23,24,25);1H. The Balaban J connectivity index is 0.00000450. The van der Waals surface area contributed by atoms with Crippen molar-refractivity contribution in [1.29, 1.82) is 0 Å². The van der Waals surface area contributed by atoms with E-state index in [0.29, 0.717) is 6.42 Å². The number of carbonyl (C=O) groups is 1. The van der Waals surface area contributed by atoms with Crippen molar-refractivity contribution < 1.29 is 9.53 Å². The number of nitrogens with one attached hydrogen (secondary N) is 2. The van der Waals surface area contributed by atoms with Crippen LogP contribution in [0.2, 0.25) is 0 Å². The Labute approximate surface area is 196 Å². The molecule has 2 rings (SSSR count). The monoisotopic (exact) mass is 527 g/mol. The second-order valence-electron chi connectivity index (χ2n) is 6.79. The van der Waals surface area contributed by atoms with E-state index in [2.05, 4.69) is 56.7 Å². The molecule has 1 aromatic heterocycles. The predicted octanol–water partition coefficient (Wildman–Crippen LogP) is 3.71. The second-order valence-corrected chi connectivity index (χ2v) is 6.79. The van der Waals surface area contributed by atoms with E-state index in [4.69, 9.17) is 0 Å². The summed E-state index contributed by atoms with van der Waals surface area (Å²) < 4.78 is 6.50. The Morgan fingerprint density at radius 2 is 1.90 bits per heavy atom. The lowest BCUT2D eigenvalue weighted by molar-refractivity contribution is -0.140. The van der Waals surface area contributed by atoms with Crippen LogP contribution in [0.1, 0.15) is 44.6 Å². The fraction of sp³-hybridized carbons (Fsp3) is 0.500. The van der Waals surface area contributed by atoms with Crippen LogP contribution in [0.4, 0.5) is 0 Å². The highest BCUT2D eigenvalue weighted by atomic mass is 127. The highest BCUT2D eigenvalue weighted by Gasteiger charge is 2.01. The summed E-state index contributed by atoms with van der Waals surface area (Å²) in [7, 11) is 1.43. The molecule has 0 fully saturated rings. The summed E-state index contributed by atoms with van der Waals surface area (Å²) in [6, 6.07) is 10.4. The first-order chi connectivity index (χ1) is 14.2. The van der Waals surface area contributed by atoms with Crippen molar-refractivity contribution in [3.8, 4) is 5.69 Å². The minimum atomic E-state index is -0.127. The number of hydrogen-bond donors (Lipinski definition) is 2. The van der Waals surface area contributed by atoms with Gasteiger partial charge in [-0.3, -0.25) is 9.79 Å². The first-order valence-electron chi connectivity index (χ1n) is 10.4. The maximum absolute atomic E-state index is 11.1. The van der Waals surface area contributed by atoms with Gasteiger partial charge < -0.3 is 15.4 Å². The molecule has 1 aromatic carbocycles. The quantitative estimate of drug-likeness (QED) is 0.145. The van der Waals surface area contributed by atoms with Gasteiger partial charge in [0, 0.05) is 38.4 Å². The fourth-order valence-corrected chi connectivity index (χ4v) is 2.93. The lowest BCUT2D eigenvalue weighted by atomic mass is 10.1. The maximum Gasteiger partial charge on any atom is 0.305 e. The molecule has 2 aromatic rings. The Hall–Kier alpha value is -2.10. The van der Waals surface area contributed by atoms with Gasteiger partial charge in [0.2, 0.25) is 0 Å². The molecule has 0 aliphatic heterocycles. The third-order valence-corrected chi connectivity index (χ3v) is 4.54. The molecule has 8 heteroatoms. The van der Waals surface area contributed by atoms with E-state index in [0.717, 1.165) is 63.4 Å². The number of esters is 1. The second kappa shape index (κ2) is 15.7. The maximum atomic E-state index is 11.1. The van der Waals surface area contributed by atoms with E-state index >= 15 is 0 Å². The molecule has 30 heavy (non-hydrogen) atoms. The number of aliphatic imine (C=N–C) groups is 1. The van der Waals surface area contributed by atoms with Crippen molar-refractivity contribution in [3.05, 3.63) is 48.3 Å². The minimum absolute atomic E-state index is 0. The van der Waals surface area contributed by atoms with Crippen molar-refractivity contribution in [3.63, 3.8) is 0 Å². The number of benzene rings is 1. The zero-order valence-corrected chi connectivity index (χ0v) is 20.3. The molecular weight excluding hydrogens is 493 g/mol. The predicted molar refractivity (Wildman–Crippen MR) is 132 cm³/mol. The van der Waals surface area contributed by atoms with Crippen molar-refractivity contribution in [2.75, 3.05) is 26.7 Å². The van der Waals surface area contributed by atoms with Gasteiger partial charge in [-0.25, -0.2) is 4.68 Å². The lowest BCUT2D eigenvalue weighted by Crippen LogP contribution is -2.38. The summed E-state index contributed by atoms with van der Waals surface area (Å²) in [6.45, 7) is 4.51. The molecular formula is C22H34IN5O2. The molecule has 0 bridgehead atoms. The van der Waals surface area contributed by atoms with Crippen LogP contribution in [0.5, 0.6) is 0 Å². The van der Waals surface area contributed by atoms with Crippen LogP contribution < -0.4 is 10.6 Å². The van der Waals surface area contributed by atoms with Crippen LogP contribution >= 0.6 is 24.0 Å². The van der Waals surface area contributed by atoms with E-state index in [9.17, 15) is 4.79 Å². The number of hydrogen-bond acceptors (Lipinski definition) is 4. The van der Waals surface area contributed by atoms with Gasteiger partial charge in [0.05, 0.1) is 12.8 Å². The minimum Gasteiger partial charge on any atom is -0.469 e. The summed E-state index contributed by atoms with van der Waals surface area (Å²) >= 11 is 0. The third kappa shape index (κ3) is 10.1. The Morgan fingerprint density at radius 1 is 1.13 bits per heavy atom. The number of nitrogens with zero attached hydrogens (tertiary/aromatic N) is 3. The Morgan fingerprint density at radius 3 is 2.57 bits per heavy atom. The normalized spacial score (nSPS) is 10.9. The number of carbonyl (C=O) groups excluding carboxylic acids is 1. The molecule has 2 N–H and O–H groups in total. The molecule has 0 aliphatic rings. The van der Waals surface area contributed by atoms with E-state index in [1.807, 2.05) is 16.9 Å². The molecule has 0 atom stereocenters. The molecule has 7 nitrogen and oxygen atoms in total. The van der Waals surface area contributed by atoms with Crippen molar-refractivity contribution in [1.82, 2.24) is 20.4 Å². The van der Waals surface area contributed by atoms with E-state index in [1.54, 1.807) is 6.20 Å². The van der Waals surface area contributed by atoms with Gasteiger partial charge in [-0.1, -0.05) is 25.0 Å². The first-order valence-corrected chi connectivity index (χ1v) is 10.4. The van der Waals surface area contributed by atoms with Gasteiger partial charge in [0.1, 0.15) is 0 Å². The molecule has 0 unspecified atom stereocenters. The van der Waals surface area contributed by atoms with Gasteiger partial charge in [0.15, 0.2) is 5.96 Å². The number of guanidine groups is 1. The van der Waals surface area contributed by atoms with Crippen LogP contribution in [0.15, 0.2) is 47.7 Å². The fourth-order valence-electron chi connectivity index (χ4n) is 2.93. The molecule has 0 amide bonds. The van der Waals surface area contributed by atoms with Crippen LogP contribution in [-0.4, -0.2) is 48.5 Å². The molecule has 0 spiro atoms. The SMILES string of the molecule is CCNC(=NCCCCCCC(=O)OC)NCCc1ccc(-n2cccn2)cc1.I. The molecule has 0 radical (unpaired) electrons. The molecule has 0 aliphatic carbocycles. The van der Waals surface area contributed by atoms with Gasteiger partial charge in [-0.15, -0.1) is 24.0 Å². The highest BCUT2D eigenvalue weighted by molar-refractivity contribution is 14.0. The Bertz CT molecular complexity index is 732. The molecule has 0 saturated carbocycles. The van der Waals surface area contributed by atoms with Crippen LogP contribution in [0.3, 0.4) is 0 Å². The van der Waals surface area contributed by atoms with Crippen LogP contribution in [-0.2, 0) is 16.0 Å². The lowest BCUT2D eigenvalue weighted by Gasteiger charge is -2.11. The van der Waals surface area contributed by atoms with Crippen molar-refractivity contribution >= 4 is 35.9 Å². The number of aromatic nitrogens is 2. The average Bonchev–Trinajstić information content (AvgIpc) is 3.28. The van der Waals surface area contributed by atoms with E-state index in [-0.39, 0.29) is 29.9 Å². The van der Waals surface area contributed by atoms with Crippen molar-refractivity contribution in [2.24, 2.45) is 4.99 Å². The topological polar surface area (TPSA) is 80.5 Å². The number of unbranched alkanes of at least 4 members (excludes halogenated alkanes) is 3. The smallest absolute Gasteiger partial charge is 0.305 e. The van der Waals surface area contributed by atoms with Crippen molar-refractivity contribution in [2.45, 2.75) is 45.4 Å². The van der Waals surface area contributed by atoms with Gasteiger partial charge >= 0.3 is 5.97 Å². The van der Waals surface area contributed by atoms with Gasteiger partial charge in [0.25, 0.3) is 0 Å². The molecule has 0 saturated heterocycles. The summed E-state index contributed by atoms with van der Waals surface area (Å²) in [6.07, 6.45) is 9.16. The van der Waals surface area contributed by atoms with E-state index in [1.165, 1.54) is 12.7 Å². The van der Waals surface area contributed by atoms with Gasteiger partial charge in [-0.2, -0.15) is 5.10 Å². The zero-order chi connectivity index (χ0) is 20.7. The number of rotatable bonds is 12. The summed E-state index contributed by atoms with van der Waals surface area (Å²) in [5.41, 5.74) is 2.34. The summed E-state index contributed by atoms with van der Waals surface area (Å²) in [4.78, 5) is 15.7. The summed E-state index contributed by atoms with van der Waals surface area (Å²) in [5, 5.41) is 10.9.